The maximum atomic E-state index is 13.1. The zero-order valence-electron chi connectivity index (χ0n) is 22.6. The number of likely N-dealkylation sites (N-methyl/N-ethyl adjacent to an activating group) is 1. The predicted molar refractivity (Wildman–Crippen MR) is 147 cm³/mol. The molecule has 4 aromatic rings. The van der Waals surface area contributed by atoms with Gasteiger partial charge in [0, 0.05) is 53.5 Å². The van der Waals surface area contributed by atoms with Crippen LogP contribution in [0.5, 0.6) is 11.6 Å². The van der Waals surface area contributed by atoms with E-state index in [1.807, 2.05) is 35.0 Å². The first kappa shape index (κ1) is 24.6. The summed E-state index contributed by atoms with van der Waals surface area (Å²) in [7, 11) is 0. The highest BCUT2D eigenvalue weighted by Crippen LogP contribution is 2.36. The number of carbonyl (C=O) groups is 1. The van der Waals surface area contributed by atoms with Gasteiger partial charge in [0.1, 0.15) is 12.1 Å². The zero-order valence-corrected chi connectivity index (χ0v) is 22.6. The molecule has 3 aromatic heterocycles. The molecule has 2 aliphatic heterocycles. The molecule has 1 atom stereocenters. The molecule has 1 amide bonds. The van der Waals surface area contributed by atoms with Crippen LogP contribution in [0.4, 0.5) is 10.6 Å². The summed E-state index contributed by atoms with van der Waals surface area (Å²) in [6.45, 7) is 11.6. The normalized spacial score (nSPS) is 18.4. The molecule has 0 aliphatic carbocycles. The number of aromatic nitrogens is 5. The Morgan fingerprint density at radius 2 is 2.05 bits per heavy atom. The molecule has 0 unspecified atom stereocenters. The highest BCUT2D eigenvalue weighted by atomic mass is 16.5. The van der Waals surface area contributed by atoms with Crippen molar-refractivity contribution in [2.75, 3.05) is 11.9 Å². The second-order valence-electron chi connectivity index (χ2n) is 11.0. The molecule has 6 rings (SSSR count). The van der Waals surface area contributed by atoms with E-state index in [4.69, 9.17) is 4.74 Å². The van der Waals surface area contributed by atoms with Crippen molar-refractivity contribution in [3.8, 4) is 11.6 Å². The fourth-order valence-electron chi connectivity index (χ4n) is 5.88. The first-order valence-corrected chi connectivity index (χ1v) is 13.6. The molecular weight excluding hydrogens is 478 g/mol. The van der Waals surface area contributed by atoms with Crippen molar-refractivity contribution in [2.24, 2.45) is 0 Å². The number of aryl methyl sites for hydroxylation is 1. The van der Waals surface area contributed by atoms with Gasteiger partial charge in [0.15, 0.2) is 5.82 Å². The average Bonchev–Trinajstić information content (AvgIpc) is 3.58. The molecule has 9 nitrogen and oxygen atoms in total. The lowest BCUT2D eigenvalue weighted by molar-refractivity contribution is 0.165. The van der Waals surface area contributed by atoms with Crippen LogP contribution in [0.1, 0.15) is 63.9 Å². The van der Waals surface area contributed by atoms with Crippen molar-refractivity contribution in [1.82, 2.24) is 29.2 Å². The van der Waals surface area contributed by atoms with Crippen molar-refractivity contribution < 1.29 is 9.53 Å². The van der Waals surface area contributed by atoms with Gasteiger partial charge in [0.2, 0.25) is 5.88 Å². The first-order valence-electron chi connectivity index (χ1n) is 13.6. The smallest absolute Gasteiger partial charge is 0.331 e. The molecule has 0 saturated carbocycles. The van der Waals surface area contributed by atoms with Crippen molar-refractivity contribution in [2.45, 2.75) is 77.9 Å². The van der Waals surface area contributed by atoms with Gasteiger partial charge in [0.25, 0.3) is 0 Å². The van der Waals surface area contributed by atoms with Crippen LogP contribution in [-0.4, -0.2) is 47.8 Å². The Labute approximate surface area is 222 Å². The summed E-state index contributed by atoms with van der Waals surface area (Å²) in [6, 6.07) is 9.89. The zero-order chi connectivity index (χ0) is 26.4. The molecule has 0 spiro atoms. The minimum atomic E-state index is -0.240. The Morgan fingerprint density at radius 3 is 2.84 bits per heavy atom. The van der Waals surface area contributed by atoms with E-state index in [2.05, 4.69) is 53.0 Å². The molecule has 2 aliphatic rings. The van der Waals surface area contributed by atoms with E-state index in [1.54, 1.807) is 17.1 Å². The Hall–Kier alpha value is -3.72. The van der Waals surface area contributed by atoms with Gasteiger partial charge >= 0.3 is 6.03 Å². The third-order valence-electron chi connectivity index (χ3n) is 8.08. The highest BCUT2D eigenvalue weighted by molar-refractivity contribution is 5.98. The lowest BCUT2D eigenvalue weighted by Gasteiger charge is -2.35. The van der Waals surface area contributed by atoms with E-state index in [-0.39, 0.29) is 11.4 Å². The van der Waals surface area contributed by atoms with E-state index < -0.39 is 0 Å². The molecule has 9 heteroatoms. The fourth-order valence-corrected chi connectivity index (χ4v) is 5.88. The van der Waals surface area contributed by atoms with E-state index in [1.165, 1.54) is 0 Å². The molecule has 38 heavy (non-hydrogen) atoms. The van der Waals surface area contributed by atoms with Crippen LogP contribution >= 0.6 is 0 Å². The number of rotatable bonds is 6. The largest absolute Gasteiger partial charge is 0.439 e. The van der Waals surface area contributed by atoms with Crippen LogP contribution in [0, 0.1) is 0 Å². The second kappa shape index (κ2) is 9.54. The minimum Gasteiger partial charge on any atom is -0.439 e. The van der Waals surface area contributed by atoms with Gasteiger partial charge < -0.3 is 4.74 Å². The van der Waals surface area contributed by atoms with Crippen LogP contribution in [0.3, 0.4) is 0 Å². The number of benzene rings is 1. The summed E-state index contributed by atoms with van der Waals surface area (Å²) in [5, 5.41) is 8.44. The SMILES string of the molecule is CCC[C@H]1Cc2c(ncnc2Oc2ccc3c(ccn3C(=O)Nc3cc4n(n3)CCC4(C)C)c2)CN1CC. The quantitative estimate of drug-likeness (QED) is 0.354. The molecule has 1 N–H and O–H groups in total. The molecular formula is C29H35N7O2. The summed E-state index contributed by atoms with van der Waals surface area (Å²) in [4.78, 5) is 24.6. The van der Waals surface area contributed by atoms with Gasteiger partial charge in [-0.25, -0.2) is 14.8 Å². The molecule has 0 bridgehead atoms. The molecule has 0 saturated heterocycles. The van der Waals surface area contributed by atoms with Gasteiger partial charge in [-0.3, -0.25) is 19.5 Å². The van der Waals surface area contributed by atoms with E-state index in [0.29, 0.717) is 23.5 Å². The number of hydrogen-bond acceptors (Lipinski definition) is 6. The summed E-state index contributed by atoms with van der Waals surface area (Å²) >= 11 is 0. The summed E-state index contributed by atoms with van der Waals surface area (Å²) in [6.07, 6.45) is 7.60. The van der Waals surface area contributed by atoms with Crippen molar-refractivity contribution in [1.29, 1.82) is 0 Å². The standard InChI is InChI=1S/C29H35N7O2/c1-5-7-20-15-22-23(17-34(20)6-2)30-18-31-27(22)38-21-8-9-24-19(14-21)10-12-35(24)28(37)32-26-16-25-29(3,4)11-13-36(25)33-26/h8-10,12,14,16,18,20H,5-7,11,13,15,17H2,1-4H3,(H,32,33,37)/t20-/m0/s1. The van der Waals surface area contributed by atoms with Crippen LogP contribution < -0.4 is 10.1 Å². The Kier molecular flexibility index (Phi) is 6.18. The van der Waals surface area contributed by atoms with Gasteiger partial charge in [-0.2, -0.15) is 5.10 Å². The van der Waals surface area contributed by atoms with Gasteiger partial charge in [-0.1, -0.05) is 34.1 Å². The number of ether oxygens (including phenoxy) is 1. The Bertz CT molecular complexity index is 1500. The molecule has 198 valence electrons. The summed E-state index contributed by atoms with van der Waals surface area (Å²) in [5.74, 6) is 1.89. The molecule has 5 heterocycles. The van der Waals surface area contributed by atoms with E-state index in [0.717, 1.165) is 73.2 Å². The predicted octanol–water partition coefficient (Wildman–Crippen LogP) is 5.73. The topological polar surface area (TPSA) is 90.1 Å². The molecule has 1 aromatic carbocycles. The third kappa shape index (κ3) is 4.34. The number of amides is 1. The van der Waals surface area contributed by atoms with E-state index in [9.17, 15) is 4.79 Å². The highest BCUT2D eigenvalue weighted by Gasteiger charge is 2.32. The maximum absolute atomic E-state index is 13.1. The number of nitrogens with one attached hydrogen (secondary N) is 1. The van der Waals surface area contributed by atoms with E-state index >= 15 is 0 Å². The van der Waals surface area contributed by atoms with Crippen LogP contribution in [-0.2, 0) is 24.9 Å². The van der Waals surface area contributed by atoms with Crippen LogP contribution in [0.2, 0.25) is 0 Å². The maximum Gasteiger partial charge on any atom is 0.331 e. The lowest BCUT2D eigenvalue weighted by atomic mass is 9.89. The average molecular weight is 514 g/mol. The van der Waals surface area contributed by atoms with Crippen molar-refractivity contribution >= 4 is 22.8 Å². The Morgan fingerprint density at radius 1 is 1.18 bits per heavy atom. The van der Waals surface area contributed by atoms with Gasteiger partial charge in [-0.15, -0.1) is 0 Å². The third-order valence-corrected chi connectivity index (χ3v) is 8.08. The minimum absolute atomic E-state index is 0.0712. The monoisotopic (exact) mass is 513 g/mol. The number of nitrogens with zero attached hydrogens (tertiary/aromatic N) is 6. The van der Waals surface area contributed by atoms with Crippen LogP contribution in [0.25, 0.3) is 10.9 Å². The second-order valence-corrected chi connectivity index (χ2v) is 11.0. The van der Waals surface area contributed by atoms with Crippen LogP contribution in [0.15, 0.2) is 42.9 Å². The van der Waals surface area contributed by atoms with Crippen molar-refractivity contribution in [3.63, 3.8) is 0 Å². The van der Waals surface area contributed by atoms with Gasteiger partial charge in [0.05, 0.1) is 11.2 Å². The molecule has 0 fully saturated rings. The number of hydrogen-bond donors (Lipinski definition) is 1. The fraction of sp³-hybridized carbons (Fsp3) is 0.448. The first-order chi connectivity index (χ1) is 18.4. The Balaban J connectivity index is 1.21. The van der Waals surface area contributed by atoms with Gasteiger partial charge in [-0.05, 0) is 50.1 Å². The number of fused-ring (bicyclic) bond motifs is 3. The molecule has 0 radical (unpaired) electrons. The van der Waals surface area contributed by atoms with Crippen molar-refractivity contribution in [3.05, 3.63) is 59.8 Å². The number of carbonyl (C=O) groups excluding carboxylic acids is 1. The summed E-state index contributed by atoms with van der Waals surface area (Å²) in [5.41, 5.74) is 4.17. The summed E-state index contributed by atoms with van der Waals surface area (Å²) < 4.78 is 9.90. The number of anilines is 1. The lowest BCUT2D eigenvalue weighted by Crippen LogP contribution is -2.40.